The summed E-state index contributed by atoms with van der Waals surface area (Å²) < 4.78 is 8.70. The number of rotatable bonds is 9. The van der Waals surface area contributed by atoms with E-state index in [0.717, 1.165) is 35.1 Å². The molecule has 0 saturated heterocycles. The smallest absolute Gasteiger partial charge is 0.335 e. The lowest BCUT2D eigenvalue weighted by Crippen LogP contribution is -2.34. The van der Waals surface area contributed by atoms with Crippen LogP contribution in [0.4, 0.5) is 0 Å². The lowest BCUT2D eigenvalue weighted by Gasteiger charge is -2.34. The second kappa shape index (κ2) is 11.3. The first kappa shape index (κ1) is 27.7. The molecule has 0 atom stereocenters. The van der Waals surface area contributed by atoms with Gasteiger partial charge in [0, 0.05) is 5.92 Å². The highest BCUT2D eigenvalue weighted by Crippen LogP contribution is 2.43. The Labute approximate surface area is 238 Å². The zero-order valence-electron chi connectivity index (χ0n) is 21.0. The number of hydrogen-bond donors (Lipinski definition) is 3. The molecule has 3 N–H and O–H groups in total. The van der Waals surface area contributed by atoms with E-state index in [4.69, 9.17) is 33.1 Å². The SMILES string of the molecule is C\C=C(Cl)/C(=C(Cl)\C=N\O)n1nnc(C2CC2)c1COC1CCC(O)(c2nc3cc(C(=O)O)ccc3s2)CC1. The van der Waals surface area contributed by atoms with Gasteiger partial charge in [0.15, 0.2) is 0 Å². The molecule has 5 rings (SSSR count). The van der Waals surface area contributed by atoms with Crippen molar-refractivity contribution in [1.29, 1.82) is 0 Å². The Morgan fingerprint density at radius 3 is 2.67 bits per heavy atom. The molecule has 1 aromatic carbocycles. The number of hydrogen-bond acceptors (Lipinski definition) is 9. The van der Waals surface area contributed by atoms with Gasteiger partial charge in [-0.2, -0.15) is 0 Å². The minimum Gasteiger partial charge on any atom is -0.478 e. The molecule has 2 aromatic heterocycles. The molecule has 2 aliphatic carbocycles. The van der Waals surface area contributed by atoms with Crippen LogP contribution < -0.4 is 0 Å². The van der Waals surface area contributed by atoms with Gasteiger partial charge in [-0.1, -0.05) is 39.6 Å². The molecule has 2 fully saturated rings. The van der Waals surface area contributed by atoms with E-state index in [0.29, 0.717) is 52.9 Å². The zero-order valence-corrected chi connectivity index (χ0v) is 23.4. The predicted molar refractivity (Wildman–Crippen MR) is 148 cm³/mol. The van der Waals surface area contributed by atoms with Crippen LogP contribution in [0.15, 0.2) is 39.5 Å². The molecule has 0 amide bonds. The van der Waals surface area contributed by atoms with Crippen molar-refractivity contribution in [2.75, 3.05) is 0 Å². The van der Waals surface area contributed by atoms with Crippen molar-refractivity contribution < 1.29 is 25.0 Å². The van der Waals surface area contributed by atoms with Crippen LogP contribution >= 0.6 is 34.5 Å². The van der Waals surface area contributed by atoms with Gasteiger partial charge in [-0.25, -0.2) is 14.5 Å². The number of aliphatic hydroxyl groups is 1. The number of fused-ring (bicyclic) bond motifs is 1. The summed E-state index contributed by atoms with van der Waals surface area (Å²) in [6, 6.07) is 4.81. The van der Waals surface area contributed by atoms with Gasteiger partial charge in [-0.3, -0.25) is 0 Å². The molecule has 0 spiro atoms. The maximum atomic E-state index is 11.4. The van der Waals surface area contributed by atoms with E-state index in [9.17, 15) is 15.0 Å². The molecule has 0 aliphatic heterocycles. The van der Waals surface area contributed by atoms with Crippen LogP contribution in [-0.2, 0) is 16.9 Å². The summed E-state index contributed by atoms with van der Waals surface area (Å²) in [6.07, 6.45) is 6.83. The number of carboxylic acid groups (broad SMARTS) is 1. The number of aromatic nitrogens is 4. The summed E-state index contributed by atoms with van der Waals surface area (Å²) in [7, 11) is 0. The van der Waals surface area contributed by atoms with Crippen molar-refractivity contribution in [3.05, 3.63) is 56.3 Å². The predicted octanol–water partition coefficient (Wildman–Crippen LogP) is 5.82. The number of allylic oxidation sites excluding steroid dienone is 4. The molecule has 3 aromatic rings. The monoisotopic (exact) mass is 591 g/mol. The molecular weight excluding hydrogens is 565 g/mol. The van der Waals surface area contributed by atoms with Crippen molar-refractivity contribution in [2.24, 2.45) is 5.16 Å². The molecule has 206 valence electrons. The highest BCUT2D eigenvalue weighted by molar-refractivity contribution is 7.18. The van der Waals surface area contributed by atoms with E-state index in [-0.39, 0.29) is 23.3 Å². The Bertz CT molecular complexity index is 1480. The van der Waals surface area contributed by atoms with Crippen molar-refractivity contribution >= 4 is 62.6 Å². The van der Waals surface area contributed by atoms with Crippen LogP contribution in [0.25, 0.3) is 15.9 Å². The van der Waals surface area contributed by atoms with Crippen LogP contribution in [0.1, 0.15) is 78.1 Å². The minimum atomic E-state index is -1.10. The maximum Gasteiger partial charge on any atom is 0.335 e. The Morgan fingerprint density at radius 2 is 2.03 bits per heavy atom. The molecule has 10 nitrogen and oxygen atoms in total. The fourth-order valence-electron chi connectivity index (χ4n) is 4.77. The second-order valence-corrected chi connectivity index (χ2v) is 11.6. The molecular formula is C26H27Cl2N5O5S. The van der Waals surface area contributed by atoms with Gasteiger partial charge < -0.3 is 20.2 Å². The van der Waals surface area contributed by atoms with Gasteiger partial charge in [-0.05, 0) is 63.6 Å². The Morgan fingerprint density at radius 1 is 1.28 bits per heavy atom. The third-order valence-corrected chi connectivity index (χ3v) is 9.00. The summed E-state index contributed by atoms with van der Waals surface area (Å²) in [5.74, 6) is -0.714. The van der Waals surface area contributed by atoms with Gasteiger partial charge in [0.2, 0.25) is 0 Å². The fraction of sp³-hybridized carbons (Fsp3) is 0.423. The first-order chi connectivity index (χ1) is 18.7. The van der Waals surface area contributed by atoms with E-state index in [2.05, 4.69) is 20.5 Å². The molecule has 0 unspecified atom stereocenters. The lowest BCUT2D eigenvalue weighted by molar-refractivity contribution is -0.0648. The number of halogens is 2. The maximum absolute atomic E-state index is 11.4. The van der Waals surface area contributed by atoms with E-state index < -0.39 is 11.6 Å². The van der Waals surface area contributed by atoms with Gasteiger partial charge in [0.1, 0.15) is 16.3 Å². The van der Waals surface area contributed by atoms with Crippen LogP contribution in [0.2, 0.25) is 0 Å². The quantitative estimate of drug-likeness (QED) is 0.122. The molecule has 0 bridgehead atoms. The largest absolute Gasteiger partial charge is 0.478 e. The Hall–Kier alpha value is -2.83. The topological polar surface area (TPSA) is 143 Å². The van der Waals surface area contributed by atoms with E-state index in [1.807, 2.05) is 0 Å². The average molecular weight is 593 g/mol. The Kier molecular flexibility index (Phi) is 8.06. The van der Waals surface area contributed by atoms with Crippen LogP contribution in [0.5, 0.6) is 0 Å². The summed E-state index contributed by atoms with van der Waals surface area (Å²) in [5.41, 5.74) is 1.56. The first-order valence-electron chi connectivity index (χ1n) is 12.6. The second-order valence-electron chi connectivity index (χ2n) is 9.73. The number of carboxylic acids is 1. The standard InChI is InChI=1S/C26H27Cl2N5O5S/c1-2-17(27)23(18(28)12-29-37)33-20(22(31-32-33)14-3-4-14)13-38-16-7-9-26(36,10-8-16)25-30-19-11-15(24(34)35)5-6-21(19)39-25/h2,5-6,11-12,14,16,36-37H,3-4,7-10,13H2,1H3,(H,34,35)/b17-2+,23-18-,29-12+. The molecule has 2 heterocycles. The number of benzene rings is 1. The summed E-state index contributed by atoms with van der Waals surface area (Å²) in [5, 5.41) is 42.4. The van der Waals surface area contributed by atoms with Gasteiger partial charge in [-0.15, -0.1) is 16.4 Å². The van der Waals surface area contributed by atoms with Crippen LogP contribution in [-0.4, -0.2) is 53.7 Å². The molecule has 39 heavy (non-hydrogen) atoms. The van der Waals surface area contributed by atoms with Gasteiger partial charge >= 0.3 is 5.97 Å². The Balaban J connectivity index is 1.31. The first-order valence-corrected chi connectivity index (χ1v) is 14.1. The zero-order chi connectivity index (χ0) is 27.7. The number of nitrogens with zero attached hydrogens (tertiary/aromatic N) is 5. The summed E-state index contributed by atoms with van der Waals surface area (Å²) in [6.45, 7) is 1.98. The molecule has 0 radical (unpaired) electrons. The number of aromatic carboxylic acids is 1. The highest BCUT2D eigenvalue weighted by Gasteiger charge is 2.39. The van der Waals surface area contributed by atoms with E-state index >= 15 is 0 Å². The molecule has 13 heteroatoms. The van der Waals surface area contributed by atoms with Crippen molar-refractivity contribution in [2.45, 2.75) is 69.7 Å². The van der Waals surface area contributed by atoms with Crippen molar-refractivity contribution in [3.63, 3.8) is 0 Å². The fourth-order valence-corrected chi connectivity index (χ4v) is 6.32. The van der Waals surface area contributed by atoms with Crippen LogP contribution in [0, 0.1) is 0 Å². The highest BCUT2D eigenvalue weighted by atomic mass is 35.5. The normalized spacial score (nSPS) is 23.0. The number of oxime groups is 1. The third kappa shape index (κ3) is 5.73. The van der Waals surface area contributed by atoms with Crippen LogP contribution in [0.3, 0.4) is 0 Å². The minimum absolute atomic E-state index is 0.100. The van der Waals surface area contributed by atoms with Crippen molar-refractivity contribution in [1.82, 2.24) is 20.0 Å². The molecule has 2 saturated carbocycles. The summed E-state index contributed by atoms with van der Waals surface area (Å²) >= 11 is 14.2. The van der Waals surface area contributed by atoms with Crippen molar-refractivity contribution in [3.8, 4) is 0 Å². The van der Waals surface area contributed by atoms with E-state index in [1.54, 1.807) is 29.8 Å². The number of carbonyl (C=O) groups is 1. The average Bonchev–Trinajstić information content (AvgIpc) is 3.54. The van der Waals surface area contributed by atoms with Gasteiger partial charge in [0.05, 0.1) is 56.2 Å². The third-order valence-electron chi connectivity index (χ3n) is 7.09. The molecule has 2 aliphatic rings. The van der Waals surface area contributed by atoms with E-state index in [1.165, 1.54) is 17.4 Å². The lowest BCUT2D eigenvalue weighted by atomic mass is 9.83. The van der Waals surface area contributed by atoms with Gasteiger partial charge in [0.25, 0.3) is 0 Å². The number of ether oxygens (including phenoxy) is 1. The summed E-state index contributed by atoms with van der Waals surface area (Å²) in [4.78, 5) is 15.9. The number of thiazole rings is 1.